The summed E-state index contributed by atoms with van der Waals surface area (Å²) in [5.41, 5.74) is 7.64. The molecule has 0 saturated carbocycles. The van der Waals surface area contributed by atoms with Crippen molar-refractivity contribution in [2.75, 3.05) is 7.11 Å². The van der Waals surface area contributed by atoms with Crippen LogP contribution in [0.15, 0.2) is 39.7 Å². The number of rotatable bonds is 3. The Balaban J connectivity index is 2.41. The van der Waals surface area contributed by atoms with Crippen LogP contribution in [0.4, 0.5) is 0 Å². The second kappa shape index (κ2) is 4.67. The van der Waals surface area contributed by atoms with Crippen LogP contribution in [-0.2, 0) is 0 Å². The lowest BCUT2D eigenvalue weighted by atomic mass is 10.1. The molecule has 0 spiro atoms. The Labute approximate surface area is 102 Å². The van der Waals surface area contributed by atoms with Crippen LogP contribution >= 0.6 is 15.9 Å². The van der Waals surface area contributed by atoms with Crippen molar-refractivity contribution >= 4 is 15.9 Å². The molecular weight excluding hydrogens is 272 g/mol. The van der Waals surface area contributed by atoms with E-state index in [1.54, 1.807) is 25.6 Å². The number of aromatic nitrogens is 1. The van der Waals surface area contributed by atoms with E-state index < -0.39 is 0 Å². The van der Waals surface area contributed by atoms with Gasteiger partial charge in [0.1, 0.15) is 11.4 Å². The molecular formula is C11H11BrN2O2. The molecule has 2 heterocycles. The van der Waals surface area contributed by atoms with Crippen molar-refractivity contribution in [1.82, 2.24) is 4.98 Å². The minimum Gasteiger partial charge on any atom is -0.495 e. The van der Waals surface area contributed by atoms with E-state index in [4.69, 9.17) is 14.9 Å². The van der Waals surface area contributed by atoms with Crippen molar-refractivity contribution in [2.24, 2.45) is 5.73 Å². The van der Waals surface area contributed by atoms with E-state index in [1.165, 1.54) is 0 Å². The summed E-state index contributed by atoms with van der Waals surface area (Å²) in [6, 6.07) is 5.07. The van der Waals surface area contributed by atoms with Gasteiger partial charge in [-0.15, -0.1) is 0 Å². The average Bonchev–Trinajstić information content (AvgIpc) is 2.74. The molecule has 4 nitrogen and oxygen atoms in total. The molecule has 0 bridgehead atoms. The van der Waals surface area contributed by atoms with Gasteiger partial charge in [0, 0.05) is 11.8 Å². The number of halogens is 1. The molecule has 0 amide bonds. The number of hydrogen-bond acceptors (Lipinski definition) is 4. The maximum absolute atomic E-state index is 6.11. The highest BCUT2D eigenvalue weighted by molar-refractivity contribution is 9.10. The first-order chi connectivity index (χ1) is 7.74. The van der Waals surface area contributed by atoms with E-state index in [2.05, 4.69) is 20.9 Å². The molecule has 1 atom stereocenters. The smallest absolute Gasteiger partial charge is 0.174 e. The van der Waals surface area contributed by atoms with Gasteiger partial charge >= 0.3 is 0 Å². The molecule has 5 heteroatoms. The van der Waals surface area contributed by atoms with Crippen LogP contribution in [0.5, 0.6) is 5.75 Å². The molecule has 0 fully saturated rings. The lowest BCUT2D eigenvalue weighted by molar-refractivity contribution is 0.404. The van der Waals surface area contributed by atoms with Gasteiger partial charge in [0.2, 0.25) is 0 Å². The van der Waals surface area contributed by atoms with Gasteiger partial charge in [-0.3, -0.25) is 4.98 Å². The van der Waals surface area contributed by atoms with Crippen LogP contribution in [0, 0.1) is 0 Å². The molecule has 0 aliphatic carbocycles. The average molecular weight is 283 g/mol. The van der Waals surface area contributed by atoms with Gasteiger partial charge in [-0.2, -0.15) is 0 Å². The van der Waals surface area contributed by atoms with Crippen LogP contribution in [-0.4, -0.2) is 12.1 Å². The normalized spacial score (nSPS) is 12.4. The maximum atomic E-state index is 6.11. The predicted octanol–water partition coefficient (Wildman–Crippen LogP) is 2.49. The lowest BCUT2D eigenvalue weighted by Gasteiger charge is -2.13. The third kappa shape index (κ3) is 1.96. The quantitative estimate of drug-likeness (QED) is 0.940. The highest BCUT2D eigenvalue weighted by Crippen LogP contribution is 2.30. The Morgan fingerprint density at radius 3 is 2.94 bits per heavy atom. The summed E-state index contributed by atoms with van der Waals surface area (Å²) in [5.74, 6) is 0.670. The maximum Gasteiger partial charge on any atom is 0.174 e. The van der Waals surface area contributed by atoms with Gasteiger partial charge < -0.3 is 14.9 Å². The van der Waals surface area contributed by atoms with Crippen molar-refractivity contribution < 1.29 is 9.15 Å². The standard InChI is InChI=1S/C11H11BrN2O2/c1-15-8-3-2-5-14-10(8)9(13)7-4-6-16-11(7)12/h2-6,9H,13H2,1H3. The van der Waals surface area contributed by atoms with E-state index in [0.29, 0.717) is 16.1 Å². The molecule has 1 unspecified atom stereocenters. The lowest BCUT2D eigenvalue weighted by Crippen LogP contribution is -2.14. The molecule has 0 aliphatic rings. The molecule has 2 N–H and O–H groups in total. The molecule has 16 heavy (non-hydrogen) atoms. The summed E-state index contributed by atoms with van der Waals surface area (Å²) in [7, 11) is 1.59. The zero-order valence-corrected chi connectivity index (χ0v) is 10.3. The third-order valence-corrected chi connectivity index (χ3v) is 2.94. The molecule has 2 aromatic rings. The van der Waals surface area contributed by atoms with Crippen LogP contribution in [0.2, 0.25) is 0 Å². The Bertz CT molecular complexity index is 484. The van der Waals surface area contributed by atoms with Crippen molar-refractivity contribution in [3.8, 4) is 5.75 Å². The Morgan fingerprint density at radius 1 is 1.50 bits per heavy atom. The first kappa shape index (κ1) is 11.2. The van der Waals surface area contributed by atoms with Gasteiger partial charge in [-0.1, -0.05) is 0 Å². The van der Waals surface area contributed by atoms with Gasteiger partial charge in [0.15, 0.2) is 4.67 Å². The van der Waals surface area contributed by atoms with E-state index in [0.717, 1.165) is 5.56 Å². The van der Waals surface area contributed by atoms with Crippen LogP contribution in [0.3, 0.4) is 0 Å². The summed E-state index contributed by atoms with van der Waals surface area (Å²) >= 11 is 3.30. The fraction of sp³-hybridized carbons (Fsp3) is 0.182. The minimum atomic E-state index is -0.371. The molecule has 0 aromatic carbocycles. The van der Waals surface area contributed by atoms with Crippen molar-refractivity contribution in [2.45, 2.75) is 6.04 Å². The highest BCUT2D eigenvalue weighted by atomic mass is 79.9. The second-order valence-corrected chi connectivity index (χ2v) is 3.94. The number of pyridine rings is 1. The minimum absolute atomic E-state index is 0.371. The zero-order valence-electron chi connectivity index (χ0n) is 8.68. The summed E-state index contributed by atoms with van der Waals surface area (Å²) in [5, 5.41) is 0. The van der Waals surface area contributed by atoms with Crippen molar-refractivity contribution in [1.29, 1.82) is 0 Å². The van der Waals surface area contributed by atoms with Gasteiger partial charge in [-0.25, -0.2) is 0 Å². The number of methoxy groups -OCH3 is 1. The molecule has 0 saturated heterocycles. The summed E-state index contributed by atoms with van der Waals surface area (Å²) in [4.78, 5) is 4.23. The van der Waals surface area contributed by atoms with Gasteiger partial charge in [-0.05, 0) is 34.1 Å². The predicted molar refractivity (Wildman–Crippen MR) is 63.2 cm³/mol. The first-order valence-electron chi connectivity index (χ1n) is 4.71. The van der Waals surface area contributed by atoms with Crippen LogP contribution < -0.4 is 10.5 Å². The molecule has 0 radical (unpaired) electrons. The topological polar surface area (TPSA) is 61.3 Å². The monoisotopic (exact) mass is 282 g/mol. The fourth-order valence-corrected chi connectivity index (χ4v) is 1.97. The highest BCUT2D eigenvalue weighted by Gasteiger charge is 2.19. The molecule has 2 rings (SSSR count). The van der Waals surface area contributed by atoms with E-state index in [9.17, 15) is 0 Å². The molecule has 2 aromatic heterocycles. The zero-order chi connectivity index (χ0) is 11.5. The second-order valence-electron chi connectivity index (χ2n) is 3.22. The van der Waals surface area contributed by atoms with Crippen LogP contribution in [0.1, 0.15) is 17.3 Å². The van der Waals surface area contributed by atoms with Crippen molar-refractivity contribution in [3.63, 3.8) is 0 Å². The Morgan fingerprint density at radius 2 is 2.31 bits per heavy atom. The Kier molecular flexibility index (Phi) is 3.26. The number of nitrogens with two attached hydrogens (primary N) is 1. The van der Waals surface area contributed by atoms with Crippen molar-refractivity contribution in [3.05, 3.63) is 46.6 Å². The summed E-state index contributed by atoms with van der Waals surface area (Å²) < 4.78 is 11.0. The largest absolute Gasteiger partial charge is 0.495 e. The third-order valence-electron chi connectivity index (χ3n) is 2.30. The van der Waals surface area contributed by atoms with E-state index in [1.807, 2.05) is 12.1 Å². The van der Waals surface area contributed by atoms with Gasteiger partial charge in [0.25, 0.3) is 0 Å². The fourth-order valence-electron chi connectivity index (χ4n) is 1.48. The number of furan rings is 1. The number of ether oxygens (including phenoxy) is 1. The molecule has 0 aliphatic heterocycles. The molecule has 84 valence electrons. The number of hydrogen-bond donors (Lipinski definition) is 1. The first-order valence-corrected chi connectivity index (χ1v) is 5.50. The SMILES string of the molecule is COc1cccnc1C(N)c1ccoc1Br. The Hall–Kier alpha value is -1.33. The summed E-state index contributed by atoms with van der Waals surface area (Å²) in [6.07, 6.45) is 3.26. The van der Waals surface area contributed by atoms with Gasteiger partial charge in [0.05, 0.1) is 19.4 Å². The number of nitrogens with zero attached hydrogens (tertiary/aromatic N) is 1. The summed E-state index contributed by atoms with van der Waals surface area (Å²) in [6.45, 7) is 0. The van der Waals surface area contributed by atoms with E-state index in [-0.39, 0.29) is 6.04 Å². The van der Waals surface area contributed by atoms with Crippen LogP contribution in [0.25, 0.3) is 0 Å². The van der Waals surface area contributed by atoms with E-state index >= 15 is 0 Å².